The minimum Gasteiger partial charge on any atom is -0.452 e. The summed E-state index contributed by atoms with van der Waals surface area (Å²) in [5, 5.41) is 2.63. The van der Waals surface area contributed by atoms with E-state index in [1.165, 1.54) is 18.1 Å². The van der Waals surface area contributed by atoms with Gasteiger partial charge in [0.05, 0.1) is 5.56 Å². The van der Waals surface area contributed by atoms with E-state index in [1.807, 2.05) is 12.1 Å². The molecule has 5 nitrogen and oxygen atoms in total. The lowest BCUT2D eigenvalue weighted by Gasteiger charge is -2.08. The van der Waals surface area contributed by atoms with Crippen molar-refractivity contribution in [1.82, 2.24) is 0 Å². The first-order valence-electron chi connectivity index (χ1n) is 8.23. The maximum atomic E-state index is 12.1. The van der Waals surface area contributed by atoms with E-state index in [9.17, 15) is 14.4 Å². The van der Waals surface area contributed by atoms with Gasteiger partial charge in [-0.2, -0.15) is 0 Å². The number of fused-ring (bicyclic) bond motifs is 1. The number of Topliss-reactive ketones (excluding diaryl/α,β-unsaturated/α-hetero) is 1. The summed E-state index contributed by atoms with van der Waals surface area (Å²) in [7, 11) is 0. The summed E-state index contributed by atoms with van der Waals surface area (Å²) in [4.78, 5) is 35.2. The number of nitrogens with one attached hydrogen (secondary N) is 1. The molecule has 0 fully saturated rings. The molecule has 25 heavy (non-hydrogen) atoms. The summed E-state index contributed by atoms with van der Waals surface area (Å²) in [6.45, 7) is 1.12. The zero-order valence-corrected chi connectivity index (χ0v) is 14.0. The maximum Gasteiger partial charge on any atom is 0.338 e. The Morgan fingerprint density at radius 3 is 2.36 bits per heavy atom. The highest BCUT2D eigenvalue weighted by Crippen LogP contribution is 2.23. The van der Waals surface area contributed by atoms with Crippen LogP contribution in [0.3, 0.4) is 0 Å². The van der Waals surface area contributed by atoms with Gasteiger partial charge in [0.1, 0.15) is 0 Å². The second-order valence-electron chi connectivity index (χ2n) is 6.09. The van der Waals surface area contributed by atoms with Crippen LogP contribution in [0.15, 0.2) is 42.5 Å². The molecule has 1 amide bonds. The van der Waals surface area contributed by atoms with Crippen LogP contribution in [-0.2, 0) is 22.4 Å². The molecule has 2 aromatic rings. The van der Waals surface area contributed by atoms with E-state index in [4.69, 9.17) is 4.74 Å². The first-order chi connectivity index (χ1) is 12.0. The fraction of sp³-hybridized carbons (Fsp3) is 0.250. The molecule has 0 saturated heterocycles. The summed E-state index contributed by atoms with van der Waals surface area (Å²) in [5.41, 5.74) is 4.05. The SMILES string of the molecule is CC(=O)c1ccc(NC(=O)COC(=O)c2ccc3c(c2)CCC3)cc1. The van der Waals surface area contributed by atoms with Crippen molar-refractivity contribution in [2.24, 2.45) is 0 Å². The van der Waals surface area contributed by atoms with Crippen LogP contribution in [0, 0.1) is 0 Å². The van der Waals surface area contributed by atoms with E-state index in [0.717, 1.165) is 19.3 Å². The Kier molecular flexibility index (Phi) is 4.93. The van der Waals surface area contributed by atoms with Gasteiger partial charge in [0, 0.05) is 11.3 Å². The molecule has 0 atom stereocenters. The van der Waals surface area contributed by atoms with Crippen molar-refractivity contribution in [1.29, 1.82) is 0 Å². The van der Waals surface area contributed by atoms with Gasteiger partial charge in [-0.3, -0.25) is 9.59 Å². The van der Waals surface area contributed by atoms with Crippen molar-refractivity contribution in [3.8, 4) is 0 Å². The smallest absolute Gasteiger partial charge is 0.338 e. The van der Waals surface area contributed by atoms with Gasteiger partial charge >= 0.3 is 5.97 Å². The predicted molar refractivity (Wildman–Crippen MR) is 93.8 cm³/mol. The van der Waals surface area contributed by atoms with Crippen LogP contribution in [0.2, 0.25) is 0 Å². The van der Waals surface area contributed by atoms with Crippen LogP contribution >= 0.6 is 0 Å². The highest BCUT2D eigenvalue weighted by molar-refractivity contribution is 5.97. The van der Waals surface area contributed by atoms with E-state index in [0.29, 0.717) is 16.8 Å². The summed E-state index contributed by atoms with van der Waals surface area (Å²) in [6.07, 6.45) is 3.14. The van der Waals surface area contributed by atoms with Crippen molar-refractivity contribution in [2.45, 2.75) is 26.2 Å². The van der Waals surface area contributed by atoms with E-state index < -0.39 is 11.9 Å². The number of hydrogen-bond acceptors (Lipinski definition) is 4. The van der Waals surface area contributed by atoms with Gasteiger partial charge in [-0.25, -0.2) is 4.79 Å². The molecule has 3 rings (SSSR count). The number of aryl methyl sites for hydroxylation is 2. The predicted octanol–water partition coefficient (Wildman–Crippen LogP) is 3.17. The van der Waals surface area contributed by atoms with Gasteiger partial charge in [0.2, 0.25) is 0 Å². The van der Waals surface area contributed by atoms with Crippen molar-refractivity contribution < 1.29 is 19.1 Å². The molecular weight excluding hydrogens is 318 g/mol. The normalized spacial score (nSPS) is 12.4. The van der Waals surface area contributed by atoms with Crippen molar-refractivity contribution in [3.05, 3.63) is 64.7 Å². The van der Waals surface area contributed by atoms with E-state index in [1.54, 1.807) is 30.3 Å². The lowest BCUT2D eigenvalue weighted by Crippen LogP contribution is -2.21. The molecule has 1 N–H and O–H groups in total. The third kappa shape index (κ3) is 4.12. The molecule has 0 bridgehead atoms. The monoisotopic (exact) mass is 337 g/mol. The number of esters is 1. The molecule has 0 spiro atoms. The number of amides is 1. The molecule has 0 aliphatic heterocycles. The van der Waals surface area contributed by atoms with Crippen LogP contribution in [0.1, 0.15) is 45.2 Å². The van der Waals surface area contributed by atoms with Crippen LogP contribution in [0.4, 0.5) is 5.69 Å². The number of ether oxygens (including phenoxy) is 1. The van der Waals surface area contributed by atoms with Gasteiger partial charge in [-0.05, 0) is 73.7 Å². The minimum absolute atomic E-state index is 0.0406. The Labute approximate surface area is 146 Å². The van der Waals surface area contributed by atoms with Gasteiger partial charge in [-0.1, -0.05) is 6.07 Å². The summed E-state index contributed by atoms with van der Waals surface area (Å²) in [5.74, 6) is -0.969. The van der Waals surface area contributed by atoms with Crippen molar-refractivity contribution in [3.63, 3.8) is 0 Å². The van der Waals surface area contributed by atoms with E-state index >= 15 is 0 Å². The van der Waals surface area contributed by atoms with Gasteiger partial charge in [-0.15, -0.1) is 0 Å². The minimum atomic E-state index is -0.503. The zero-order chi connectivity index (χ0) is 17.8. The summed E-state index contributed by atoms with van der Waals surface area (Å²) in [6, 6.07) is 12.1. The van der Waals surface area contributed by atoms with Crippen LogP contribution in [0.5, 0.6) is 0 Å². The fourth-order valence-electron chi connectivity index (χ4n) is 2.90. The lowest BCUT2D eigenvalue weighted by molar-refractivity contribution is -0.119. The molecule has 0 radical (unpaired) electrons. The molecular formula is C20H19NO4. The molecule has 1 aliphatic rings. The van der Waals surface area contributed by atoms with Gasteiger partial charge < -0.3 is 10.1 Å². The average molecular weight is 337 g/mol. The van der Waals surface area contributed by atoms with Gasteiger partial charge in [0.25, 0.3) is 5.91 Å². The first-order valence-corrected chi connectivity index (χ1v) is 8.23. The second-order valence-corrected chi connectivity index (χ2v) is 6.09. The van der Waals surface area contributed by atoms with Crippen molar-refractivity contribution >= 4 is 23.3 Å². The topological polar surface area (TPSA) is 72.5 Å². The fourth-order valence-corrected chi connectivity index (χ4v) is 2.90. The lowest BCUT2D eigenvalue weighted by atomic mass is 10.1. The van der Waals surface area contributed by atoms with E-state index in [-0.39, 0.29) is 12.4 Å². The number of ketones is 1. The zero-order valence-electron chi connectivity index (χ0n) is 14.0. The Balaban J connectivity index is 1.53. The molecule has 5 heteroatoms. The number of hydrogen-bond donors (Lipinski definition) is 1. The highest BCUT2D eigenvalue weighted by Gasteiger charge is 2.15. The maximum absolute atomic E-state index is 12.1. The van der Waals surface area contributed by atoms with Crippen LogP contribution in [0.25, 0.3) is 0 Å². The molecule has 0 aromatic heterocycles. The van der Waals surface area contributed by atoms with Crippen LogP contribution in [-0.4, -0.2) is 24.3 Å². The molecule has 0 heterocycles. The highest BCUT2D eigenvalue weighted by atomic mass is 16.5. The molecule has 0 unspecified atom stereocenters. The Hall–Kier alpha value is -2.95. The molecule has 2 aromatic carbocycles. The van der Waals surface area contributed by atoms with Crippen LogP contribution < -0.4 is 5.32 Å². The third-order valence-electron chi connectivity index (χ3n) is 4.24. The second kappa shape index (κ2) is 7.30. The van der Waals surface area contributed by atoms with Gasteiger partial charge in [0.15, 0.2) is 12.4 Å². The summed E-state index contributed by atoms with van der Waals surface area (Å²) >= 11 is 0. The average Bonchev–Trinajstić information content (AvgIpc) is 3.07. The Morgan fingerprint density at radius 1 is 0.960 bits per heavy atom. The van der Waals surface area contributed by atoms with E-state index in [2.05, 4.69) is 5.32 Å². The number of anilines is 1. The summed E-state index contributed by atoms with van der Waals surface area (Å²) < 4.78 is 5.08. The van der Waals surface area contributed by atoms with Crippen molar-refractivity contribution in [2.75, 3.05) is 11.9 Å². The number of benzene rings is 2. The number of carbonyl (C=O) groups is 3. The number of rotatable bonds is 5. The first kappa shape index (κ1) is 16.9. The Bertz CT molecular complexity index is 824. The molecule has 128 valence electrons. The standard InChI is InChI=1S/C20H19NO4/c1-13(22)14-7-9-18(10-8-14)21-19(23)12-25-20(24)17-6-5-15-3-2-4-16(15)11-17/h5-11H,2-4,12H2,1H3,(H,21,23). The molecule has 0 saturated carbocycles. The molecule has 1 aliphatic carbocycles. The quantitative estimate of drug-likeness (QED) is 0.672. The largest absolute Gasteiger partial charge is 0.452 e. The number of carbonyl (C=O) groups excluding carboxylic acids is 3. The Morgan fingerprint density at radius 2 is 1.64 bits per heavy atom. The third-order valence-corrected chi connectivity index (χ3v) is 4.24.